The molecule has 1 radical (unpaired) electrons. The van der Waals surface area contributed by atoms with Crippen LogP contribution in [0.1, 0.15) is 25.7 Å². The number of carbonyl (C=O) groups is 1. The number of rotatable bonds is 6. The SMILES string of the molecule is O=C(C1=C[CH]1)C1CCN(CCOC2=CCCC=C2F)CC1. The lowest BCUT2D eigenvalue weighted by atomic mass is 9.91. The third-order valence-corrected chi connectivity index (χ3v) is 4.30. The molecule has 1 aliphatic heterocycles. The lowest BCUT2D eigenvalue weighted by molar-refractivity contribution is -0.120. The van der Waals surface area contributed by atoms with Gasteiger partial charge in [0.05, 0.1) is 0 Å². The number of ether oxygens (including phenoxy) is 1. The minimum atomic E-state index is -0.237. The molecule has 0 N–H and O–H groups in total. The van der Waals surface area contributed by atoms with Crippen LogP contribution in [-0.4, -0.2) is 36.9 Å². The van der Waals surface area contributed by atoms with E-state index < -0.39 is 0 Å². The zero-order valence-electron chi connectivity index (χ0n) is 12.2. The summed E-state index contributed by atoms with van der Waals surface area (Å²) in [5.41, 5.74) is 0.906. The highest BCUT2D eigenvalue weighted by atomic mass is 19.1. The maximum absolute atomic E-state index is 13.4. The minimum Gasteiger partial charge on any atom is -0.490 e. The smallest absolute Gasteiger partial charge is 0.162 e. The first kappa shape index (κ1) is 14.5. The summed E-state index contributed by atoms with van der Waals surface area (Å²) in [7, 11) is 0. The fourth-order valence-electron chi connectivity index (χ4n) is 2.90. The molecular formula is C17H21FNO2. The predicted molar refractivity (Wildman–Crippen MR) is 79.0 cm³/mol. The summed E-state index contributed by atoms with van der Waals surface area (Å²) in [6.07, 6.45) is 10.6. The standard InChI is InChI=1S/C17H21FNO2/c18-15-3-1-2-4-16(15)21-12-11-19-9-7-14(8-10-19)17(20)13-5-6-13/h3-6,14H,1-2,7-12H2. The van der Waals surface area contributed by atoms with Crippen molar-refractivity contribution in [1.29, 1.82) is 0 Å². The topological polar surface area (TPSA) is 29.5 Å². The zero-order chi connectivity index (χ0) is 14.7. The molecular weight excluding hydrogens is 269 g/mol. The van der Waals surface area contributed by atoms with Crippen LogP contribution in [0.2, 0.25) is 0 Å². The molecule has 0 unspecified atom stereocenters. The molecule has 1 fully saturated rings. The molecule has 21 heavy (non-hydrogen) atoms. The second-order valence-corrected chi connectivity index (χ2v) is 5.82. The van der Waals surface area contributed by atoms with E-state index in [2.05, 4.69) is 4.90 Å². The zero-order valence-corrected chi connectivity index (χ0v) is 12.2. The molecule has 3 nitrogen and oxygen atoms in total. The maximum Gasteiger partial charge on any atom is 0.162 e. The van der Waals surface area contributed by atoms with E-state index >= 15 is 0 Å². The molecule has 1 heterocycles. The van der Waals surface area contributed by atoms with Gasteiger partial charge in [-0.05, 0) is 56.5 Å². The van der Waals surface area contributed by atoms with E-state index in [4.69, 9.17) is 4.74 Å². The van der Waals surface area contributed by atoms with E-state index in [1.165, 1.54) is 0 Å². The summed E-state index contributed by atoms with van der Waals surface area (Å²) in [5, 5.41) is 0. The Kier molecular flexibility index (Phi) is 4.54. The van der Waals surface area contributed by atoms with Crippen molar-refractivity contribution in [3.8, 4) is 0 Å². The third-order valence-electron chi connectivity index (χ3n) is 4.30. The Hall–Kier alpha value is -1.42. The van der Waals surface area contributed by atoms with Crippen LogP contribution in [-0.2, 0) is 9.53 Å². The number of carbonyl (C=O) groups excluding carboxylic acids is 1. The number of allylic oxidation sites excluding steroid dienone is 5. The molecule has 0 aromatic heterocycles. The first-order valence-corrected chi connectivity index (χ1v) is 7.74. The van der Waals surface area contributed by atoms with E-state index in [0.29, 0.717) is 18.1 Å². The Bertz CT molecular complexity index is 499. The lowest BCUT2D eigenvalue weighted by Crippen LogP contribution is -2.38. The van der Waals surface area contributed by atoms with Gasteiger partial charge in [0.25, 0.3) is 0 Å². The molecule has 3 rings (SSSR count). The number of halogens is 1. The van der Waals surface area contributed by atoms with Crippen LogP contribution in [0.3, 0.4) is 0 Å². The molecule has 0 saturated carbocycles. The van der Waals surface area contributed by atoms with Gasteiger partial charge < -0.3 is 4.74 Å². The Morgan fingerprint density at radius 3 is 2.67 bits per heavy atom. The number of piperidine rings is 1. The molecule has 3 aliphatic rings. The van der Waals surface area contributed by atoms with Crippen molar-refractivity contribution >= 4 is 5.78 Å². The molecule has 0 amide bonds. The van der Waals surface area contributed by atoms with Gasteiger partial charge in [0.2, 0.25) is 0 Å². The first-order valence-electron chi connectivity index (χ1n) is 7.74. The van der Waals surface area contributed by atoms with Gasteiger partial charge in [-0.25, -0.2) is 4.39 Å². The van der Waals surface area contributed by atoms with Crippen LogP contribution in [0, 0.1) is 12.3 Å². The fraction of sp³-hybridized carbons (Fsp3) is 0.529. The Morgan fingerprint density at radius 1 is 1.29 bits per heavy atom. The molecule has 0 aromatic rings. The second kappa shape index (κ2) is 6.56. The van der Waals surface area contributed by atoms with E-state index in [-0.39, 0.29) is 11.7 Å². The number of nitrogens with zero attached hydrogens (tertiary/aromatic N) is 1. The van der Waals surface area contributed by atoms with Gasteiger partial charge in [-0.1, -0.05) is 6.08 Å². The van der Waals surface area contributed by atoms with Crippen molar-refractivity contribution in [2.45, 2.75) is 25.7 Å². The highest BCUT2D eigenvalue weighted by molar-refractivity contribution is 6.04. The molecule has 113 valence electrons. The van der Waals surface area contributed by atoms with Crippen molar-refractivity contribution in [2.75, 3.05) is 26.2 Å². The number of hydrogen-bond donors (Lipinski definition) is 0. The highest BCUT2D eigenvalue weighted by Gasteiger charge is 2.29. The molecule has 0 spiro atoms. The van der Waals surface area contributed by atoms with Crippen LogP contribution in [0.5, 0.6) is 0 Å². The Balaban J connectivity index is 1.36. The van der Waals surface area contributed by atoms with Crippen LogP contribution in [0.15, 0.2) is 35.4 Å². The van der Waals surface area contributed by atoms with Crippen molar-refractivity contribution in [1.82, 2.24) is 4.90 Å². The average molecular weight is 290 g/mol. The van der Waals surface area contributed by atoms with Gasteiger partial charge >= 0.3 is 0 Å². The highest BCUT2D eigenvalue weighted by Crippen LogP contribution is 2.28. The number of hydrogen-bond acceptors (Lipinski definition) is 3. The predicted octanol–water partition coefficient (Wildman–Crippen LogP) is 2.96. The number of Topliss-reactive ketones (excluding diaryl/α,β-unsaturated/α-hetero) is 1. The van der Waals surface area contributed by atoms with Gasteiger partial charge in [0, 0.05) is 18.9 Å². The fourth-order valence-corrected chi connectivity index (χ4v) is 2.90. The Morgan fingerprint density at radius 2 is 2.00 bits per heavy atom. The third kappa shape index (κ3) is 3.82. The summed E-state index contributed by atoms with van der Waals surface area (Å²) in [6, 6.07) is 0. The molecule has 2 aliphatic carbocycles. The molecule has 0 atom stereocenters. The van der Waals surface area contributed by atoms with E-state index in [0.717, 1.165) is 50.9 Å². The molecule has 4 heteroatoms. The van der Waals surface area contributed by atoms with Crippen molar-refractivity contribution < 1.29 is 13.9 Å². The van der Waals surface area contributed by atoms with Crippen molar-refractivity contribution in [2.24, 2.45) is 5.92 Å². The van der Waals surface area contributed by atoms with Crippen LogP contribution in [0.25, 0.3) is 0 Å². The Labute approximate surface area is 125 Å². The van der Waals surface area contributed by atoms with Crippen LogP contribution >= 0.6 is 0 Å². The van der Waals surface area contributed by atoms with Gasteiger partial charge in [-0.3, -0.25) is 9.69 Å². The van der Waals surface area contributed by atoms with Gasteiger partial charge in [0.15, 0.2) is 17.4 Å². The van der Waals surface area contributed by atoms with Crippen LogP contribution < -0.4 is 0 Å². The number of ketones is 1. The summed E-state index contributed by atoms with van der Waals surface area (Å²) in [4.78, 5) is 14.2. The lowest BCUT2D eigenvalue weighted by Gasteiger charge is -2.30. The monoisotopic (exact) mass is 290 g/mol. The molecule has 0 bridgehead atoms. The van der Waals surface area contributed by atoms with E-state index in [1.807, 2.05) is 18.6 Å². The van der Waals surface area contributed by atoms with Crippen molar-refractivity contribution in [3.05, 3.63) is 41.8 Å². The summed E-state index contributed by atoms with van der Waals surface area (Å²) in [6.45, 7) is 3.14. The quantitative estimate of drug-likeness (QED) is 0.753. The molecule has 0 aromatic carbocycles. The summed E-state index contributed by atoms with van der Waals surface area (Å²) in [5.74, 6) is 0.654. The first-order chi connectivity index (χ1) is 10.2. The van der Waals surface area contributed by atoms with Crippen LogP contribution in [0.4, 0.5) is 4.39 Å². The van der Waals surface area contributed by atoms with E-state index in [9.17, 15) is 9.18 Å². The average Bonchev–Trinajstić information content (AvgIpc) is 3.34. The van der Waals surface area contributed by atoms with Gasteiger partial charge in [0.1, 0.15) is 6.61 Å². The second-order valence-electron chi connectivity index (χ2n) is 5.82. The summed E-state index contributed by atoms with van der Waals surface area (Å²) < 4.78 is 19.0. The van der Waals surface area contributed by atoms with E-state index in [1.54, 1.807) is 6.08 Å². The van der Waals surface area contributed by atoms with Crippen molar-refractivity contribution in [3.63, 3.8) is 0 Å². The molecule has 1 saturated heterocycles. The number of likely N-dealkylation sites (tertiary alicyclic amines) is 1. The summed E-state index contributed by atoms with van der Waals surface area (Å²) >= 11 is 0. The minimum absolute atomic E-state index is 0.189. The normalized spacial score (nSPS) is 23.2. The largest absolute Gasteiger partial charge is 0.490 e. The maximum atomic E-state index is 13.4. The van der Waals surface area contributed by atoms with Gasteiger partial charge in [-0.2, -0.15) is 0 Å². The van der Waals surface area contributed by atoms with Gasteiger partial charge in [-0.15, -0.1) is 0 Å².